The highest BCUT2D eigenvalue weighted by molar-refractivity contribution is 5.45. The molecule has 146 valence electrons. The van der Waals surface area contributed by atoms with E-state index < -0.39 is 0 Å². The average molecular weight is 366 g/mol. The lowest BCUT2D eigenvalue weighted by atomic mass is 9.64. The van der Waals surface area contributed by atoms with Gasteiger partial charge in [0, 0.05) is 12.0 Å². The Bertz CT molecular complexity index is 661. The summed E-state index contributed by atoms with van der Waals surface area (Å²) in [6.07, 6.45) is 16.6. The molecule has 0 aromatic heterocycles. The van der Waals surface area contributed by atoms with E-state index in [9.17, 15) is 0 Å². The fourth-order valence-corrected chi connectivity index (χ4v) is 4.56. The van der Waals surface area contributed by atoms with Gasteiger partial charge in [-0.15, -0.1) is 0 Å². The molecule has 1 fully saturated rings. The van der Waals surface area contributed by atoms with Crippen LogP contribution in [0.4, 0.5) is 0 Å². The van der Waals surface area contributed by atoms with Gasteiger partial charge in [0.05, 0.1) is 0 Å². The molecule has 2 nitrogen and oxygen atoms in total. The van der Waals surface area contributed by atoms with Crippen LogP contribution in [0.15, 0.2) is 66.0 Å². The molecule has 1 saturated carbocycles. The summed E-state index contributed by atoms with van der Waals surface area (Å²) in [5.41, 5.74) is 3.14. The van der Waals surface area contributed by atoms with Crippen LogP contribution in [0.25, 0.3) is 0 Å². The van der Waals surface area contributed by atoms with E-state index in [2.05, 4.69) is 73.4 Å². The summed E-state index contributed by atoms with van der Waals surface area (Å²) in [7, 11) is 0. The molecule has 0 atom stereocenters. The molecule has 1 aromatic rings. The second kappa shape index (κ2) is 9.94. The lowest BCUT2D eigenvalue weighted by Crippen LogP contribution is -2.30. The van der Waals surface area contributed by atoms with Crippen LogP contribution in [0.3, 0.4) is 0 Å². The Balaban J connectivity index is 1.70. The summed E-state index contributed by atoms with van der Waals surface area (Å²) in [5.74, 6) is 1.02. The molecule has 0 radical (unpaired) electrons. The number of likely N-dealkylation sites (N-methyl/N-ethyl adjacent to an activating group) is 1. The molecule has 27 heavy (non-hydrogen) atoms. The van der Waals surface area contributed by atoms with E-state index in [1.54, 1.807) is 0 Å². The van der Waals surface area contributed by atoms with E-state index in [-0.39, 0.29) is 5.41 Å². The Morgan fingerprint density at radius 2 is 1.67 bits per heavy atom. The van der Waals surface area contributed by atoms with Gasteiger partial charge >= 0.3 is 0 Å². The fraction of sp³-hybridized carbons (Fsp3) is 0.520. The molecule has 0 heterocycles. The van der Waals surface area contributed by atoms with Crippen molar-refractivity contribution in [2.75, 3.05) is 26.2 Å². The lowest BCUT2D eigenvalue weighted by molar-refractivity contribution is 0.171. The van der Waals surface area contributed by atoms with Crippen LogP contribution >= 0.6 is 0 Å². The standard InChI is InChI=1S/C25H35NO/c1-3-26(4-2)20-21-27-24-15-11-14-23(16-17-24)25(18-9-6-10-19-25)22-12-7-5-8-13-22/h5,7-8,12-17H,3-4,6,9-11,18-21H2,1-2H3. The second-order valence-electron chi connectivity index (χ2n) is 7.72. The van der Waals surface area contributed by atoms with Crippen LogP contribution < -0.4 is 0 Å². The minimum absolute atomic E-state index is 0.181. The van der Waals surface area contributed by atoms with Crippen LogP contribution in [-0.4, -0.2) is 31.1 Å². The Kier molecular flexibility index (Phi) is 7.34. The largest absolute Gasteiger partial charge is 0.493 e. The van der Waals surface area contributed by atoms with Crippen molar-refractivity contribution in [2.24, 2.45) is 0 Å². The molecular weight excluding hydrogens is 330 g/mol. The maximum atomic E-state index is 6.07. The molecule has 1 aromatic carbocycles. The number of nitrogens with zero attached hydrogens (tertiary/aromatic N) is 1. The summed E-state index contributed by atoms with van der Waals surface area (Å²) in [4.78, 5) is 2.40. The van der Waals surface area contributed by atoms with Crippen molar-refractivity contribution >= 4 is 0 Å². The van der Waals surface area contributed by atoms with Crippen LogP contribution in [0, 0.1) is 0 Å². The molecule has 2 heteroatoms. The number of allylic oxidation sites excluding steroid dienone is 5. The zero-order chi connectivity index (χ0) is 19.0. The highest BCUT2D eigenvalue weighted by Crippen LogP contribution is 2.46. The highest BCUT2D eigenvalue weighted by Gasteiger charge is 2.36. The van der Waals surface area contributed by atoms with E-state index in [1.807, 2.05) is 0 Å². The van der Waals surface area contributed by atoms with Crippen LogP contribution in [0.5, 0.6) is 0 Å². The summed E-state index contributed by atoms with van der Waals surface area (Å²) < 4.78 is 6.07. The predicted molar refractivity (Wildman–Crippen MR) is 115 cm³/mol. The number of ether oxygens (including phenoxy) is 1. The van der Waals surface area contributed by atoms with Crippen LogP contribution in [0.2, 0.25) is 0 Å². The van der Waals surface area contributed by atoms with Gasteiger partial charge in [0.2, 0.25) is 0 Å². The van der Waals surface area contributed by atoms with E-state index in [1.165, 1.54) is 43.2 Å². The minimum Gasteiger partial charge on any atom is -0.493 e. The molecular formula is C25H35NO. The normalized spacial score (nSPS) is 19.4. The molecule has 0 saturated heterocycles. The van der Waals surface area contributed by atoms with E-state index in [0.717, 1.165) is 38.4 Å². The first kappa shape index (κ1) is 19.9. The van der Waals surface area contributed by atoms with E-state index >= 15 is 0 Å². The van der Waals surface area contributed by atoms with Crippen LogP contribution in [-0.2, 0) is 10.2 Å². The van der Waals surface area contributed by atoms with Crippen molar-refractivity contribution in [1.29, 1.82) is 0 Å². The van der Waals surface area contributed by atoms with Gasteiger partial charge in [-0.3, -0.25) is 0 Å². The third-order valence-corrected chi connectivity index (χ3v) is 6.24. The van der Waals surface area contributed by atoms with Crippen molar-refractivity contribution in [3.05, 3.63) is 71.5 Å². The van der Waals surface area contributed by atoms with Gasteiger partial charge in [0.1, 0.15) is 12.4 Å². The first-order chi connectivity index (χ1) is 13.3. The molecule has 0 spiro atoms. The minimum atomic E-state index is 0.181. The van der Waals surface area contributed by atoms with Crippen molar-refractivity contribution < 1.29 is 4.74 Å². The fourth-order valence-electron chi connectivity index (χ4n) is 4.56. The monoisotopic (exact) mass is 365 g/mol. The molecule has 0 N–H and O–H groups in total. The second-order valence-corrected chi connectivity index (χ2v) is 7.72. The maximum Gasteiger partial charge on any atom is 0.115 e. The average Bonchev–Trinajstić information content (AvgIpc) is 2.98. The zero-order valence-electron chi connectivity index (χ0n) is 17.1. The molecule has 3 rings (SSSR count). The van der Waals surface area contributed by atoms with Gasteiger partial charge in [-0.2, -0.15) is 0 Å². The SMILES string of the molecule is CCN(CC)CCOC1=CCC=C(C2(c3ccccc3)CCCCC2)C=C1. The Labute approximate surface area is 165 Å². The third-order valence-electron chi connectivity index (χ3n) is 6.24. The number of benzene rings is 1. The summed E-state index contributed by atoms with van der Waals surface area (Å²) in [5, 5.41) is 0. The molecule has 0 bridgehead atoms. The number of rotatable bonds is 8. The smallest absolute Gasteiger partial charge is 0.115 e. The Morgan fingerprint density at radius 1 is 0.926 bits per heavy atom. The first-order valence-electron chi connectivity index (χ1n) is 10.8. The van der Waals surface area contributed by atoms with E-state index in [4.69, 9.17) is 4.74 Å². The van der Waals surface area contributed by atoms with Crippen molar-refractivity contribution in [2.45, 2.75) is 57.8 Å². The Morgan fingerprint density at radius 3 is 2.37 bits per heavy atom. The topological polar surface area (TPSA) is 12.5 Å². The summed E-state index contributed by atoms with van der Waals surface area (Å²) in [6.45, 7) is 8.33. The molecule has 0 unspecified atom stereocenters. The first-order valence-corrected chi connectivity index (χ1v) is 10.8. The van der Waals surface area contributed by atoms with Crippen molar-refractivity contribution in [3.8, 4) is 0 Å². The zero-order valence-corrected chi connectivity index (χ0v) is 17.1. The summed E-state index contributed by atoms with van der Waals surface area (Å²) >= 11 is 0. The highest BCUT2D eigenvalue weighted by atomic mass is 16.5. The van der Waals surface area contributed by atoms with Gasteiger partial charge in [-0.1, -0.05) is 75.6 Å². The van der Waals surface area contributed by atoms with Crippen molar-refractivity contribution in [3.63, 3.8) is 0 Å². The van der Waals surface area contributed by atoms with Gasteiger partial charge in [-0.05, 0) is 55.6 Å². The van der Waals surface area contributed by atoms with E-state index in [0.29, 0.717) is 0 Å². The number of hydrogen-bond donors (Lipinski definition) is 0. The number of hydrogen-bond acceptors (Lipinski definition) is 2. The predicted octanol–water partition coefficient (Wildman–Crippen LogP) is 6.02. The maximum absolute atomic E-state index is 6.07. The lowest BCUT2D eigenvalue weighted by Gasteiger charge is -2.39. The molecule has 2 aliphatic rings. The summed E-state index contributed by atoms with van der Waals surface area (Å²) in [6, 6.07) is 11.1. The third kappa shape index (κ3) is 4.93. The Hall–Kier alpha value is -1.80. The van der Waals surface area contributed by atoms with Gasteiger partial charge in [-0.25, -0.2) is 0 Å². The van der Waals surface area contributed by atoms with Gasteiger partial charge in [0.25, 0.3) is 0 Å². The molecule has 0 amide bonds. The quantitative estimate of drug-likeness (QED) is 0.559. The van der Waals surface area contributed by atoms with Crippen molar-refractivity contribution in [1.82, 2.24) is 4.90 Å². The van der Waals surface area contributed by atoms with Crippen LogP contribution in [0.1, 0.15) is 57.9 Å². The van der Waals surface area contributed by atoms with Gasteiger partial charge < -0.3 is 9.64 Å². The van der Waals surface area contributed by atoms with Gasteiger partial charge in [0.15, 0.2) is 0 Å². The molecule has 0 aliphatic heterocycles. The molecule has 2 aliphatic carbocycles.